The lowest BCUT2D eigenvalue weighted by Crippen LogP contribution is -2.40. The molecule has 2 atom stereocenters. The number of rotatable bonds is 11. The number of hydrogen-bond acceptors (Lipinski definition) is 4. The lowest BCUT2D eigenvalue weighted by atomic mass is 9.75. The highest BCUT2D eigenvalue weighted by atomic mass is 19.1. The smallest absolute Gasteiger partial charge is 0.236 e. The summed E-state index contributed by atoms with van der Waals surface area (Å²) in [5.41, 5.74) is 0.642. The summed E-state index contributed by atoms with van der Waals surface area (Å²) in [5.74, 6) is -6.95. The second-order valence-electron chi connectivity index (χ2n) is 9.21. The summed E-state index contributed by atoms with van der Waals surface area (Å²) >= 11 is 0. The third kappa shape index (κ3) is 7.05. The predicted molar refractivity (Wildman–Crippen MR) is 149 cm³/mol. The largest absolute Gasteiger partial charge is 0.489 e. The third-order valence-electron chi connectivity index (χ3n) is 6.10. The molecule has 0 radical (unpaired) electrons. The van der Waals surface area contributed by atoms with Gasteiger partial charge in [-0.15, -0.1) is 0 Å². The van der Waals surface area contributed by atoms with Crippen molar-refractivity contribution in [3.8, 4) is 5.75 Å². The van der Waals surface area contributed by atoms with Crippen molar-refractivity contribution in [2.24, 2.45) is 11.8 Å². The van der Waals surface area contributed by atoms with Gasteiger partial charge in [-0.25, -0.2) is 4.39 Å². The minimum absolute atomic E-state index is 0.0996. The molecule has 0 fully saturated rings. The number of hydrogen-bond donors (Lipinski definition) is 1. The Hall–Kier alpha value is -4.58. The second-order valence-corrected chi connectivity index (χ2v) is 9.21. The molecule has 1 N–H and O–H groups in total. The molecule has 0 aromatic heterocycles. The fourth-order valence-electron chi connectivity index (χ4n) is 4.06. The summed E-state index contributed by atoms with van der Waals surface area (Å²) < 4.78 is 60.9. The van der Waals surface area contributed by atoms with E-state index in [9.17, 15) is 18.8 Å². The maximum absolute atomic E-state index is 14.0. The van der Waals surface area contributed by atoms with E-state index in [1.165, 1.54) is 13.8 Å². The van der Waals surface area contributed by atoms with Crippen LogP contribution in [0.2, 0.25) is 0 Å². The van der Waals surface area contributed by atoms with Crippen LogP contribution in [0.15, 0.2) is 109 Å². The van der Waals surface area contributed by atoms with E-state index in [-0.39, 0.29) is 11.3 Å². The number of halogens is 1. The first-order valence-electron chi connectivity index (χ1n) is 14.9. The van der Waals surface area contributed by atoms with Gasteiger partial charge in [0.25, 0.3) is 0 Å². The molecule has 0 saturated heterocycles. The van der Waals surface area contributed by atoms with Gasteiger partial charge in [-0.3, -0.25) is 14.4 Å². The zero-order valence-electron chi connectivity index (χ0n) is 26.5. The fourth-order valence-corrected chi connectivity index (χ4v) is 4.06. The Balaban J connectivity index is 1.75. The normalized spacial score (nSPS) is 14.2. The third-order valence-corrected chi connectivity index (χ3v) is 6.10. The van der Waals surface area contributed by atoms with Gasteiger partial charge in [-0.05, 0) is 59.7 Å². The first-order valence-corrected chi connectivity index (χ1v) is 12.4. The minimum atomic E-state index is -1.81. The quantitative estimate of drug-likeness (QED) is 0.171. The molecule has 5 nitrogen and oxygen atoms in total. The zero-order chi connectivity index (χ0) is 32.1. The Labute approximate surface area is 234 Å². The van der Waals surface area contributed by atoms with E-state index in [0.717, 1.165) is 29.8 Å². The Kier molecular flexibility index (Phi) is 7.00. The minimum Gasteiger partial charge on any atom is -0.489 e. The first kappa shape index (κ1) is 21.4. The van der Waals surface area contributed by atoms with Crippen LogP contribution in [0.1, 0.15) is 48.1 Å². The standard InChI is InChI=1S/C33H30FNO4/c1-22(2)31(36)30(29(24-11-7-4-8-12-24)32(37)25-13-15-26(34)16-14-25)33(38)35-27-17-19-28(20-18-27)39-21-23-9-5-3-6-10-23/h3-20,22,29-30H,21H2,1-2H3,(H,35,38)/i4D,7D,8D,11D,12D. The summed E-state index contributed by atoms with van der Waals surface area (Å²) in [7, 11) is 0. The van der Waals surface area contributed by atoms with E-state index < -0.39 is 76.8 Å². The summed E-state index contributed by atoms with van der Waals surface area (Å²) in [4.78, 5) is 41.6. The second kappa shape index (κ2) is 12.8. The van der Waals surface area contributed by atoms with E-state index in [4.69, 9.17) is 11.6 Å². The molecular weight excluding hydrogens is 493 g/mol. The van der Waals surface area contributed by atoms with E-state index in [1.54, 1.807) is 24.3 Å². The molecule has 2 unspecified atom stereocenters. The summed E-state index contributed by atoms with van der Waals surface area (Å²) in [5, 5.41) is 2.64. The average Bonchev–Trinajstić information content (AvgIpc) is 3.02. The van der Waals surface area contributed by atoms with Gasteiger partial charge in [0, 0.05) is 17.2 Å². The van der Waals surface area contributed by atoms with Crippen LogP contribution in [0.5, 0.6) is 5.75 Å². The highest BCUT2D eigenvalue weighted by Gasteiger charge is 2.41. The zero-order valence-corrected chi connectivity index (χ0v) is 21.5. The number of benzene rings is 4. The van der Waals surface area contributed by atoms with E-state index in [0.29, 0.717) is 12.4 Å². The maximum Gasteiger partial charge on any atom is 0.236 e. The van der Waals surface area contributed by atoms with Gasteiger partial charge in [0.15, 0.2) is 5.78 Å². The lowest BCUT2D eigenvalue weighted by Gasteiger charge is -2.26. The van der Waals surface area contributed by atoms with Crippen LogP contribution < -0.4 is 10.1 Å². The molecule has 0 aliphatic carbocycles. The molecule has 6 heteroatoms. The van der Waals surface area contributed by atoms with Gasteiger partial charge in [0.2, 0.25) is 5.91 Å². The predicted octanol–water partition coefficient (Wildman–Crippen LogP) is 6.85. The van der Waals surface area contributed by atoms with Crippen molar-refractivity contribution in [2.75, 3.05) is 5.32 Å². The van der Waals surface area contributed by atoms with Crippen LogP contribution in [0.4, 0.5) is 10.1 Å². The Morgan fingerprint density at radius 2 is 1.51 bits per heavy atom. The number of Topliss-reactive ketones (excluding diaryl/α,β-unsaturated/α-hetero) is 2. The summed E-state index contributed by atoms with van der Waals surface area (Å²) in [6.45, 7) is 3.38. The van der Waals surface area contributed by atoms with E-state index >= 15 is 0 Å². The number of carbonyl (C=O) groups excluding carboxylic acids is 3. The molecule has 0 aliphatic rings. The SMILES string of the molecule is [2H]c1c([2H])c([2H])c(C(C(=O)c2ccc(F)cc2)C(C(=O)Nc2ccc(OCc3ccccc3)cc2)C(=O)C(C)C)c([2H])c1[2H]. The van der Waals surface area contributed by atoms with Crippen molar-refractivity contribution in [1.82, 2.24) is 0 Å². The van der Waals surface area contributed by atoms with Crippen molar-refractivity contribution >= 4 is 23.2 Å². The molecule has 0 saturated carbocycles. The molecule has 4 aromatic rings. The molecule has 4 aromatic carbocycles. The molecule has 0 bridgehead atoms. The Bertz CT molecular complexity index is 1650. The number of ether oxygens (including phenoxy) is 1. The number of anilines is 1. The molecular formula is C33H30FNO4. The van der Waals surface area contributed by atoms with Crippen molar-refractivity contribution < 1.29 is 30.4 Å². The monoisotopic (exact) mass is 528 g/mol. The molecule has 1 amide bonds. The molecule has 0 heterocycles. The molecule has 4 rings (SSSR count). The molecule has 39 heavy (non-hydrogen) atoms. The van der Waals surface area contributed by atoms with E-state index in [2.05, 4.69) is 5.32 Å². The van der Waals surface area contributed by atoms with Crippen molar-refractivity contribution in [2.45, 2.75) is 26.4 Å². The van der Waals surface area contributed by atoms with Crippen molar-refractivity contribution in [3.63, 3.8) is 0 Å². The number of carbonyl (C=O) groups is 3. The van der Waals surface area contributed by atoms with Gasteiger partial charge in [-0.2, -0.15) is 0 Å². The topological polar surface area (TPSA) is 72.5 Å². The van der Waals surface area contributed by atoms with Gasteiger partial charge in [-0.1, -0.05) is 74.4 Å². The number of ketones is 2. The molecule has 198 valence electrons. The van der Waals surface area contributed by atoms with Crippen LogP contribution in [-0.4, -0.2) is 17.5 Å². The van der Waals surface area contributed by atoms with Gasteiger partial charge < -0.3 is 10.1 Å². The van der Waals surface area contributed by atoms with Crippen LogP contribution >= 0.6 is 0 Å². The Morgan fingerprint density at radius 1 is 0.872 bits per heavy atom. The number of nitrogens with one attached hydrogen (secondary N) is 1. The van der Waals surface area contributed by atoms with Gasteiger partial charge in [0.1, 0.15) is 29.9 Å². The van der Waals surface area contributed by atoms with Crippen molar-refractivity contribution in [3.05, 3.63) is 132 Å². The maximum atomic E-state index is 14.0. The highest BCUT2D eigenvalue weighted by molar-refractivity contribution is 6.14. The number of amides is 1. The van der Waals surface area contributed by atoms with E-state index in [1.807, 2.05) is 30.3 Å². The Morgan fingerprint density at radius 3 is 2.13 bits per heavy atom. The first-order chi connectivity index (χ1) is 20.9. The van der Waals surface area contributed by atoms with Crippen LogP contribution in [0, 0.1) is 17.7 Å². The van der Waals surface area contributed by atoms with Gasteiger partial charge in [0.05, 0.1) is 12.8 Å². The average molecular weight is 529 g/mol. The van der Waals surface area contributed by atoms with Crippen LogP contribution in [-0.2, 0) is 16.2 Å². The lowest BCUT2D eigenvalue weighted by molar-refractivity contribution is -0.133. The molecule has 0 aliphatic heterocycles. The van der Waals surface area contributed by atoms with Crippen LogP contribution in [0.3, 0.4) is 0 Å². The highest BCUT2D eigenvalue weighted by Crippen LogP contribution is 2.33. The summed E-state index contributed by atoms with van der Waals surface area (Å²) in [6, 6.07) is 16.6. The molecule has 0 spiro atoms. The van der Waals surface area contributed by atoms with Crippen molar-refractivity contribution in [1.29, 1.82) is 0 Å². The summed E-state index contributed by atoms with van der Waals surface area (Å²) in [6.07, 6.45) is 0. The van der Waals surface area contributed by atoms with Gasteiger partial charge >= 0.3 is 0 Å². The van der Waals surface area contributed by atoms with Crippen LogP contribution in [0.25, 0.3) is 0 Å². The fraction of sp³-hybridized carbons (Fsp3) is 0.182.